The molecule has 6 nitrogen and oxygen atoms in total. The molecule has 0 atom stereocenters. The lowest BCUT2D eigenvalue weighted by Crippen LogP contribution is -2.02. The van der Waals surface area contributed by atoms with Crippen molar-refractivity contribution in [2.75, 3.05) is 6.79 Å². The molecule has 0 saturated carbocycles. The first-order valence-corrected chi connectivity index (χ1v) is 6.57. The SMILES string of the molecule is CCn1cc(COc2cc3c(cc2CN)OCO3)cn1. The van der Waals surface area contributed by atoms with E-state index in [0.717, 1.165) is 29.2 Å². The van der Waals surface area contributed by atoms with Crippen molar-refractivity contribution in [1.29, 1.82) is 0 Å². The highest BCUT2D eigenvalue weighted by molar-refractivity contribution is 5.51. The summed E-state index contributed by atoms with van der Waals surface area (Å²) < 4.78 is 18.4. The maximum Gasteiger partial charge on any atom is 0.231 e. The molecule has 3 rings (SSSR count). The second-order valence-electron chi connectivity index (χ2n) is 4.51. The van der Waals surface area contributed by atoms with Crippen molar-refractivity contribution < 1.29 is 14.2 Å². The molecule has 0 fully saturated rings. The van der Waals surface area contributed by atoms with Crippen molar-refractivity contribution in [2.24, 2.45) is 5.73 Å². The topological polar surface area (TPSA) is 71.5 Å². The highest BCUT2D eigenvalue weighted by Crippen LogP contribution is 2.38. The second-order valence-corrected chi connectivity index (χ2v) is 4.51. The van der Waals surface area contributed by atoms with Gasteiger partial charge in [0.15, 0.2) is 11.5 Å². The molecule has 2 N–H and O–H groups in total. The Hall–Kier alpha value is -2.21. The van der Waals surface area contributed by atoms with Crippen LogP contribution in [0, 0.1) is 0 Å². The molecule has 0 unspecified atom stereocenters. The number of aromatic nitrogens is 2. The van der Waals surface area contributed by atoms with Gasteiger partial charge in [-0.3, -0.25) is 4.68 Å². The summed E-state index contributed by atoms with van der Waals surface area (Å²) in [5.74, 6) is 2.14. The molecule has 1 aliphatic heterocycles. The monoisotopic (exact) mass is 275 g/mol. The first-order chi connectivity index (χ1) is 9.80. The van der Waals surface area contributed by atoms with Crippen LogP contribution in [0.2, 0.25) is 0 Å². The molecule has 1 aliphatic rings. The summed E-state index contributed by atoms with van der Waals surface area (Å²) in [6, 6.07) is 3.70. The van der Waals surface area contributed by atoms with Crippen LogP contribution in [0.5, 0.6) is 17.2 Å². The van der Waals surface area contributed by atoms with Crippen LogP contribution >= 0.6 is 0 Å². The highest BCUT2D eigenvalue weighted by atomic mass is 16.7. The minimum Gasteiger partial charge on any atom is -0.488 e. The van der Waals surface area contributed by atoms with Crippen LogP contribution in [0.1, 0.15) is 18.1 Å². The average Bonchev–Trinajstić information content (AvgIpc) is 3.12. The minimum absolute atomic E-state index is 0.242. The lowest BCUT2D eigenvalue weighted by atomic mass is 10.2. The van der Waals surface area contributed by atoms with Gasteiger partial charge in [-0.15, -0.1) is 0 Å². The third-order valence-corrected chi connectivity index (χ3v) is 3.18. The van der Waals surface area contributed by atoms with Gasteiger partial charge in [0, 0.05) is 36.5 Å². The molecule has 2 heterocycles. The summed E-state index contributed by atoms with van der Waals surface area (Å²) in [5.41, 5.74) is 7.67. The first-order valence-electron chi connectivity index (χ1n) is 6.57. The fourth-order valence-electron chi connectivity index (χ4n) is 2.07. The van der Waals surface area contributed by atoms with Gasteiger partial charge in [0.25, 0.3) is 0 Å². The Bertz CT molecular complexity index is 610. The van der Waals surface area contributed by atoms with Gasteiger partial charge in [0.05, 0.1) is 6.20 Å². The van der Waals surface area contributed by atoms with Gasteiger partial charge in [0.2, 0.25) is 6.79 Å². The Morgan fingerprint density at radius 1 is 1.35 bits per heavy atom. The zero-order chi connectivity index (χ0) is 13.9. The van der Waals surface area contributed by atoms with Crippen molar-refractivity contribution in [3.63, 3.8) is 0 Å². The van der Waals surface area contributed by atoms with E-state index in [2.05, 4.69) is 5.10 Å². The van der Waals surface area contributed by atoms with Crippen molar-refractivity contribution in [3.8, 4) is 17.2 Å². The number of fused-ring (bicyclic) bond motifs is 1. The molecule has 1 aromatic heterocycles. The molecular formula is C14H17N3O3. The highest BCUT2D eigenvalue weighted by Gasteiger charge is 2.17. The number of ether oxygens (including phenoxy) is 3. The Balaban J connectivity index is 1.76. The number of nitrogens with zero attached hydrogens (tertiary/aromatic N) is 2. The molecule has 20 heavy (non-hydrogen) atoms. The van der Waals surface area contributed by atoms with Crippen LogP contribution in [0.3, 0.4) is 0 Å². The maximum absolute atomic E-state index is 5.83. The normalized spacial score (nSPS) is 12.7. The summed E-state index contributed by atoms with van der Waals surface area (Å²) in [6.45, 7) is 3.97. The van der Waals surface area contributed by atoms with Crippen molar-refractivity contribution in [2.45, 2.75) is 26.6 Å². The molecule has 6 heteroatoms. The third kappa shape index (κ3) is 2.42. The van der Waals surface area contributed by atoms with Gasteiger partial charge in [0.1, 0.15) is 12.4 Å². The second kappa shape index (κ2) is 5.42. The van der Waals surface area contributed by atoms with Gasteiger partial charge >= 0.3 is 0 Å². The molecule has 106 valence electrons. The Kier molecular flexibility index (Phi) is 3.47. The van der Waals surface area contributed by atoms with Gasteiger partial charge < -0.3 is 19.9 Å². The largest absolute Gasteiger partial charge is 0.488 e. The van der Waals surface area contributed by atoms with E-state index in [1.54, 1.807) is 6.20 Å². The van der Waals surface area contributed by atoms with E-state index in [1.807, 2.05) is 29.9 Å². The molecule has 0 spiro atoms. The molecule has 0 aliphatic carbocycles. The summed E-state index contributed by atoms with van der Waals surface area (Å²) >= 11 is 0. The Morgan fingerprint density at radius 2 is 2.15 bits per heavy atom. The minimum atomic E-state index is 0.242. The van der Waals surface area contributed by atoms with E-state index in [0.29, 0.717) is 18.9 Å². The average molecular weight is 275 g/mol. The van der Waals surface area contributed by atoms with Gasteiger partial charge in [-0.05, 0) is 13.0 Å². The van der Waals surface area contributed by atoms with Crippen molar-refractivity contribution in [1.82, 2.24) is 9.78 Å². The van der Waals surface area contributed by atoms with Crippen LogP contribution in [-0.4, -0.2) is 16.6 Å². The molecular weight excluding hydrogens is 258 g/mol. The zero-order valence-corrected chi connectivity index (χ0v) is 11.3. The fraction of sp³-hybridized carbons (Fsp3) is 0.357. The van der Waals surface area contributed by atoms with E-state index in [9.17, 15) is 0 Å². The van der Waals surface area contributed by atoms with Crippen LogP contribution in [-0.2, 0) is 19.7 Å². The summed E-state index contributed by atoms with van der Waals surface area (Å²) in [4.78, 5) is 0. The number of hydrogen-bond donors (Lipinski definition) is 1. The van der Waals surface area contributed by atoms with Gasteiger partial charge in [-0.2, -0.15) is 5.10 Å². The lowest BCUT2D eigenvalue weighted by Gasteiger charge is -2.10. The van der Waals surface area contributed by atoms with E-state index >= 15 is 0 Å². The van der Waals surface area contributed by atoms with Crippen LogP contribution < -0.4 is 19.9 Å². The number of benzene rings is 1. The molecule has 2 aromatic rings. The molecule has 0 radical (unpaired) electrons. The first kappa shape index (κ1) is 12.8. The van der Waals surface area contributed by atoms with Crippen molar-refractivity contribution in [3.05, 3.63) is 35.7 Å². The van der Waals surface area contributed by atoms with Crippen LogP contribution in [0.15, 0.2) is 24.5 Å². The van der Waals surface area contributed by atoms with E-state index < -0.39 is 0 Å². The number of rotatable bonds is 5. The zero-order valence-electron chi connectivity index (χ0n) is 11.3. The predicted octanol–water partition coefficient (Wildman–Crippen LogP) is 1.67. The van der Waals surface area contributed by atoms with Crippen LogP contribution in [0.4, 0.5) is 0 Å². The van der Waals surface area contributed by atoms with Crippen LogP contribution in [0.25, 0.3) is 0 Å². The van der Waals surface area contributed by atoms with E-state index in [1.165, 1.54) is 0 Å². The summed E-state index contributed by atoms with van der Waals surface area (Å²) in [7, 11) is 0. The lowest BCUT2D eigenvalue weighted by molar-refractivity contribution is 0.173. The summed E-state index contributed by atoms with van der Waals surface area (Å²) in [6.07, 6.45) is 3.77. The fourth-order valence-corrected chi connectivity index (χ4v) is 2.07. The quantitative estimate of drug-likeness (QED) is 0.898. The predicted molar refractivity (Wildman–Crippen MR) is 72.7 cm³/mol. The van der Waals surface area contributed by atoms with E-state index in [-0.39, 0.29) is 6.79 Å². The molecule has 0 amide bonds. The molecule has 0 saturated heterocycles. The Labute approximate surface area is 117 Å². The standard InChI is InChI=1S/C14H17N3O3/c1-2-17-7-10(6-16-17)8-18-12-4-14-13(19-9-20-14)3-11(12)5-15/h3-4,6-7H,2,5,8-9,15H2,1H3. The number of nitrogens with two attached hydrogens (primary N) is 1. The van der Waals surface area contributed by atoms with Crippen molar-refractivity contribution >= 4 is 0 Å². The summed E-state index contributed by atoms with van der Waals surface area (Å²) in [5, 5.41) is 4.21. The number of aryl methyl sites for hydroxylation is 1. The molecule has 1 aromatic carbocycles. The Morgan fingerprint density at radius 3 is 2.85 bits per heavy atom. The number of hydrogen-bond acceptors (Lipinski definition) is 5. The smallest absolute Gasteiger partial charge is 0.231 e. The van der Waals surface area contributed by atoms with Gasteiger partial charge in [-0.25, -0.2) is 0 Å². The van der Waals surface area contributed by atoms with Gasteiger partial charge in [-0.1, -0.05) is 0 Å². The third-order valence-electron chi connectivity index (χ3n) is 3.18. The molecule has 0 bridgehead atoms. The van der Waals surface area contributed by atoms with E-state index in [4.69, 9.17) is 19.9 Å². The maximum atomic E-state index is 5.83.